The molecule has 1 amide bonds. The molecule has 0 aliphatic heterocycles. The summed E-state index contributed by atoms with van der Waals surface area (Å²) in [4.78, 5) is 14.4. The lowest BCUT2D eigenvalue weighted by atomic mass is 10.2. The molecule has 0 atom stereocenters. The minimum absolute atomic E-state index is 0.0214. The Bertz CT molecular complexity index is 491. The first-order valence-corrected chi connectivity index (χ1v) is 6.11. The van der Waals surface area contributed by atoms with E-state index in [-0.39, 0.29) is 11.7 Å². The van der Waals surface area contributed by atoms with Crippen LogP contribution in [-0.4, -0.2) is 23.0 Å². The smallest absolute Gasteiger partial charge is 0.263 e. The SMILES string of the molecule is CN(Cc1ccc(O)cc1)C(=O)c1cccs1. The number of amides is 1. The standard InChI is InChI=1S/C13H13NO2S/c1-14(13(16)12-3-2-8-17-12)9-10-4-6-11(15)7-5-10/h2-8,15H,9H2,1H3. The van der Waals surface area contributed by atoms with E-state index in [2.05, 4.69) is 0 Å². The van der Waals surface area contributed by atoms with Crippen molar-refractivity contribution in [3.63, 3.8) is 0 Å². The molecule has 0 saturated carbocycles. The molecule has 88 valence electrons. The lowest BCUT2D eigenvalue weighted by molar-refractivity contribution is 0.0790. The number of thiophene rings is 1. The van der Waals surface area contributed by atoms with Crippen LogP contribution in [0.25, 0.3) is 0 Å². The van der Waals surface area contributed by atoms with E-state index in [1.165, 1.54) is 11.3 Å². The van der Waals surface area contributed by atoms with Gasteiger partial charge in [-0.2, -0.15) is 0 Å². The van der Waals surface area contributed by atoms with Crippen LogP contribution in [0.3, 0.4) is 0 Å². The zero-order valence-electron chi connectivity index (χ0n) is 9.46. The monoisotopic (exact) mass is 247 g/mol. The number of phenols is 1. The first-order chi connectivity index (χ1) is 8.16. The van der Waals surface area contributed by atoms with Crippen molar-refractivity contribution in [3.05, 3.63) is 52.2 Å². The zero-order valence-corrected chi connectivity index (χ0v) is 10.3. The Labute approximate surface area is 104 Å². The zero-order chi connectivity index (χ0) is 12.3. The van der Waals surface area contributed by atoms with Crippen LogP contribution in [0.4, 0.5) is 0 Å². The number of nitrogens with zero attached hydrogens (tertiary/aromatic N) is 1. The Balaban J connectivity index is 2.04. The quantitative estimate of drug-likeness (QED) is 0.906. The maximum Gasteiger partial charge on any atom is 0.263 e. The highest BCUT2D eigenvalue weighted by molar-refractivity contribution is 7.12. The van der Waals surface area contributed by atoms with E-state index >= 15 is 0 Å². The van der Waals surface area contributed by atoms with E-state index in [4.69, 9.17) is 0 Å². The average molecular weight is 247 g/mol. The van der Waals surface area contributed by atoms with E-state index in [9.17, 15) is 9.90 Å². The number of rotatable bonds is 3. The van der Waals surface area contributed by atoms with Crippen molar-refractivity contribution in [2.75, 3.05) is 7.05 Å². The molecule has 0 aliphatic rings. The summed E-state index contributed by atoms with van der Waals surface area (Å²) in [6, 6.07) is 10.6. The third-order valence-corrected chi connectivity index (χ3v) is 3.29. The first kappa shape index (κ1) is 11.7. The van der Waals surface area contributed by atoms with Gasteiger partial charge in [0.1, 0.15) is 5.75 Å². The van der Waals surface area contributed by atoms with Crippen LogP contribution in [0.1, 0.15) is 15.2 Å². The summed E-state index contributed by atoms with van der Waals surface area (Å²) >= 11 is 1.44. The van der Waals surface area contributed by atoms with Crippen molar-refractivity contribution >= 4 is 17.2 Å². The van der Waals surface area contributed by atoms with Gasteiger partial charge in [-0.05, 0) is 29.1 Å². The molecule has 17 heavy (non-hydrogen) atoms. The number of carbonyl (C=O) groups is 1. The van der Waals surface area contributed by atoms with Crippen molar-refractivity contribution in [3.8, 4) is 5.75 Å². The number of aromatic hydroxyl groups is 1. The van der Waals surface area contributed by atoms with Gasteiger partial charge in [0.05, 0.1) is 4.88 Å². The molecule has 0 spiro atoms. The van der Waals surface area contributed by atoms with E-state index in [1.807, 2.05) is 29.6 Å². The molecule has 0 aliphatic carbocycles. The highest BCUT2D eigenvalue weighted by atomic mass is 32.1. The number of hydrogen-bond acceptors (Lipinski definition) is 3. The third-order valence-electron chi connectivity index (χ3n) is 2.43. The van der Waals surface area contributed by atoms with E-state index in [0.717, 1.165) is 10.4 Å². The minimum Gasteiger partial charge on any atom is -0.508 e. The number of benzene rings is 1. The largest absolute Gasteiger partial charge is 0.508 e. The topological polar surface area (TPSA) is 40.5 Å². The highest BCUT2D eigenvalue weighted by Crippen LogP contribution is 2.15. The number of phenolic OH excluding ortho intramolecular Hbond substituents is 1. The summed E-state index contributed by atoms with van der Waals surface area (Å²) in [5, 5.41) is 11.1. The summed E-state index contributed by atoms with van der Waals surface area (Å²) in [7, 11) is 1.77. The Kier molecular flexibility index (Phi) is 3.44. The van der Waals surface area contributed by atoms with Gasteiger partial charge in [0.2, 0.25) is 0 Å². The third kappa shape index (κ3) is 2.85. The Morgan fingerprint density at radius 1 is 1.29 bits per heavy atom. The van der Waals surface area contributed by atoms with Crippen molar-refractivity contribution in [1.82, 2.24) is 4.90 Å². The predicted molar refractivity (Wildman–Crippen MR) is 68.2 cm³/mol. The molecular weight excluding hydrogens is 234 g/mol. The van der Waals surface area contributed by atoms with Crippen molar-refractivity contribution < 1.29 is 9.90 Å². The van der Waals surface area contributed by atoms with Gasteiger partial charge in [-0.1, -0.05) is 18.2 Å². The predicted octanol–water partition coefficient (Wildman–Crippen LogP) is 2.73. The van der Waals surface area contributed by atoms with E-state index in [0.29, 0.717) is 6.54 Å². The maximum atomic E-state index is 12.0. The van der Waals surface area contributed by atoms with Gasteiger partial charge < -0.3 is 10.0 Å². The van der Waals surface area contributed by atoms with Gasteiger partial charge in [-0.15, -0.1) is 11.3 Å². The molecule has 0 bridgehead atoms. The number of hydrogen-bond donors (Lipinski definition) is 1. The Hall–Kier alpha value is -1.81. The van der Waals surface area contributed by atoms with Crippen LogP contribution in [0.15, 0.2) is 41.8 Å². The van der Waals surface area contributed by atoms with E-state index in [1.54, 1.807) is 24.1 Å². The Morgan fingerprint density at radius 2 is 2.00 bits per heavy atom. The van der Waals surface area contributed by atoms with Crippen molar-refractivity contribution in [2.45, 2.75) is 6.54 Å². The second-order valence-electron chi connectivity index (χ2n) is 3.80. The minimum atomic E-state index is 0.0214. The second-order valence-corrected chi connectivity index (χ2v) is 4.75. The highest BCUT2D eigenvalue weighted by Gasteiger charge is 2.12. The van der Waals surface area contributed by atoms with Crippen LogP contribution < -0.4 is 0 Å². The van der Waals surface area contributed by atoms with Crippen LogP contribution in [0, 0.1) is 0 Å². The lowest BCUT2D eigenvalue weighted by Crippen LogP contribution is -2.25. The number of carbonyl (C=O) groups excluding carboxylic acids is 1. The van der Waals surface area contributed by atoms with Crippen LogP contribution >= 0.6 is 11.3 Å². The van der Waals surface area contributed by atoms with Gasteiger partial charge in [-0.3, -0.25) is 4.79 Å². The molecule has 4 heteroatoms. The molecule has 1 N–H and O–H groups in total. The average Bonchev–Trinajstić information content (AvgIpc) is 2.84. The fraction of sp³-hybridized carbons (Fsp3) is 0.154. The van der Waals surface area contributed by atoms with Crippen molar-refractivity contribution in [2.24, 2.45) is 0 Å². The normalized spacial score (nSPS) is 10.2. The molecule has 0 fully saturated rings. The maximum absolute atomic E-state index is 12.0. The first-order valence-electron chi connectivity index (χ1n) is 5.23. The van der Waals surface area contributed by atoms with E-state index < -0.39 is 0 Å². The molecule has 2 rings (SSSR count). The van der Waals surface area contributed by atoms with Crippen LogP contribution in [0.5, 0.6) is 5.75 Å². The van der Waals surface area contributed by atoms with Crippen molar-refractivity contribution in [1.29, 1.82) is 0 Å². The summed E-state index contributed by atoms with van der Waals surface area (Å²) in [5.41, 5.74) is 0.996. The molecule has 0 unspecified atom stereocenters. The van der Waals surface area contributed by atoms with Gasteiger partial charge in [-0.25, -0.2) is 0 Å². The fourth-order valence-electron chi connectivity index (χ4n) is 1.54. The Morgan fingerprint density at radius 3 is 2.59 bits per heavy atom. The lowest BCUT2D eigenvalue weighted by Gasteiger charge is -2.16. The molecule has 1 heterocycles. The molecular formula is C13H13NO2S. The second kappa shape index (κ2) is 5.01. The van der Waals surface area contributed by atoms with Gasteiger partial charge >= 0.3 is 0 Å². The van der Waals surface area contributed by atoms with Gasteiger partial charge in [0, 0.05) is 13.6 Å². The molecule has 1 aromatic heterocycles. The summed E-state index contributed by atoms with van der Waals surface area (Å²) in [6.07, 6.45) is 0. The molecule has 0 radical (unpaired) electrons. The molecule has 2 aromatic rings. The molecule has 3 nitrogen and oxygen atoms in total. The summed E-state index contributed by atoms with van der Waals surface area (Å²) in [5.74, 6) is 0.258. The fourth-order valence-corrected chi connectivity index (χ4v) is 2.25. The summed E-state index contributed by atoms with van der Waals surface area (Å²) < 4.78 is 0. The van der Waals surface area contributed by atoms with Gasteiger partial charge in [0.25, 0.3) is 5.91 Å². The summed E-state index contributed by atoms with van der Waals surface area (Å²) in [6.45, 7) is 0.539. The molecule has 1 aromatic carbocycles. The van der Waals surface area contributed by atoms with Crippen LogP contribution in [0.2, 0.25) is 0 Å². The molecule has 0 saturated heterocycles. The van der Waals surface area contributed by atoms with Crippen LogP contribution in [-0.2, 0) is 6.54 Å². The van der Waals surface area contributed by atoms with Gasteiger partial charge in [0.15, 0.2) is 0 Å².